The number of rotatable bonds is 4. The van der Waals surface area contributed by atoms with E-state index in [1.54, 1.807) is 16.4 Å². The molecule has 1 fully saturated rings. The number of benzene rings is 1. The number of aromatic amines is 1. The van der Waals surface area contributed by atoms with Crippen LogP contribution in [0, 0.1) is 0 Å². The third-order valence-corrected chi connectivity index (χ3v) is 6.40. The van der Waals surface area contributed by atoms with Gasteiger partial charge in [0.05, 0.1) is 0 Å². The van der Waals surface area contributed by atoms with Crippen molar-refractivity contribution in [2.75, 3.05) is 18.4 Å². The Morgan fingerprint density at radius 3 is 2.64 bits per heavy atom. The minimum atomic E-state index is -3.43. The van der Waals surface area contributed by atoms with Gasteiger partial charge in [-0.15, -0.1) is 0 Å². The zero-order chi connectivity index (χ0) is 17.3. The summed E-state index contributed by atoms with van der Waals surface area (Å²) in [6, 6.07) is 11.3. The lowest BCUT2D eigenvalue weighted by Crippen LogP contribution is -2.35. The van der Waals surface area contributed by atoms with Crippen molar-refractivity contribution in [1.82, 2.24) is 14.3 Å². The van der Waals surface area contributed by atoms with Crippen molar-refractivity contribution in [3.63, 3.8) is 0 Å². The van der Waals surface area contributed by atoms with E-state index in [0.29, 0.717) is 18.9 Å². The number of pyridine rings is 1. The minimum absolute atomic E-state index is 0.251. The van der Waals surface area contributed by atoms with Crippen LogP contribution in [-0.2, 0) is 10.0 Å². The number of sulfonamides is 1. The molecule has 1 aliphatic heterocycles. The summed E-state index contributed by atoms with van der Waals surface area (Å²) in [5, 5.41) is 4.32. The summed E-state index contributed by atoms with van der Waals surface area (Å²) in [5.74, 6) is 0.618. The van der Waals surface area contributed by atoms with Gasteiger partial charge in [-0.3, -0.25) is 0 Å². The second kappa shape index (κ2) is 6.50. The first kappa shape index (κ1) is 16.1. The molecule has 2 N–H and O–H groups in total. The summed E-state index contributed by atoms with van der Waals surface area (Å²) < 4.78 is 26.8. The van der Waals surface area contributed by atoms with Crippen molar-refractivity contribution in [3.05, 3.63) is 48.8 Å². The maximum Gasteiger partial charge on any atom is 0.244 e. The van der Waals surface area contributed by atoms with Crippen LogP contribution in [-0.4, -0.2) is 35.8 Å². The monoisotopic (exact) mass is 356 g/mol. The minimum Gasteiger partial charge on any atom is -0.361 e. The van der Waals surface area contributed by atoms with Gasteiger partial charge in [0, 0.05) is 42.1 Å². The van der Waals surface area contributed by atoms with Crippen LogP contribution in [0.15, 0.2) is 53.7 Å². The van der Waals surface area contributed by atoms with E-state index in [0.717, 1.165) is 35.9 Å². The van der Waals surface area contributed by atoms with Crippen LogP contribution in [0.3, 0.4) is 0 Å². The average molecular weight is 356 g/mol. The molecule has 6 nitrogen and oxygen atoms in total. The number of nitrogens with zero attached hydrogens (tertiary/aromatic N) is 2. The van der Waals surface area contributed by atoms with E-state index in [-0.39, 0.29) is 4.90 Å². The van der Waals surface area contributed by atoms with Crippen molar-refractivity contribution >= 4 is 32.4 Å². The van der Waals surface area contributed by atoms with Crippen LogP contribution in [0.4, 0.5) is 11.5 Å². The van der Waals surface area contributed by atoms with Gasteiger partial charge in [0.25, 0.3) is 0 Å². The zero-order valence-electron chi connectivity index (χ0n) is 13.8. The first-order chi connectivity index (χ1) is 12.1. The first-order valence-corrected chi connectivity index (χ1v) is 9.87. The molecule has 0 bridgehead atoms. The number of H-pyrrole nitrogens is 1. The topological polar surface area (TPSA) is 78.1 Å². The molecule has 1 aromatic carbocycles. The van der Waals surface area contributed by atoms with Crippen LogP contribution in [0.2, 0.25) is 0 Å². The second-order valence-electron chi connectivity index (χ2n) is 6.25. The molecule has 0 amide bonds. The van der Waals surface area contributed by atoms with Gasteiger partial charge in [-0.1, -0.05) is 6.42 Å². The van der Waals surface area contributed by atoms with E-state index in [4.69, 9.17) is 0 Å². The number of aromatic nitrogens is 2. The Labute approximate surface area is 146 Å². The van der Waals surface area contributed by atoms with Gasteiger partial charge in [-0.2, -0.15) is 4.31 Å². The Morgan fingerprint density at radius 2 is 1.88 bits per heavy atom. The number of anilines is 2. The molecule has 0 saturated carbocycles. The van der Waals surface area contributed by atoms with Crippen molar-refractivity contribution in [2.24, 2.45) is 0 Å². The van der Waals surface area contributed by atoms with Crippen molar-refractivity contribution in [1.29, 1.82) is 0 Å². The number of piperidine rings is 1. The van der Waals surface area contributed by atoms with E-state index in [9.17, 15) is 8.42 Å². The van der Waals surface area contributed by atoms with Crippen LogP contribution < -0.4 is 5.32 Å². The third kappa shape index (κ3) is 3.25. The highest BCUT2D eigenvalue weighted by molar-refractivity contribution is 7.89. The van der Waals surface area contributed by atoms with E-state index in [1.807, 2.05) is 30.5 Å². The summed E-state index contributed by atoms with van der Waals surface area (Å²) in [6.07, 6.45) is 6.27. The van der Waals surface area contributed by atoms with Gasteiger partial charge in [0.15, 0.2) is 0 Å². The molecule has 0 radical (unpaired) electrons. The summed E-state index contributed by atoms with van der Waals surface area (Å²) in [5.41, 5.74) is 1.98. The number of nitrogens with one attached hydrogen (secondary N) is 2. The Hall–Kier alpha value is -2.38. The molecule has 3 aromatic rings. The number of hydrogen-bond donors (Lipinski definition) is 2. The van der Waals surface area contributed by atoms with Crippen LogP contribution >= 0.6 is 0 Å². The normalized spacial score (nSPS) is 16.2. The highest BCUT2D eigenvalue weighted by Crippen LogP contribution is 2.23. The fourth-order valence-corrected chi connectivity index (χ4v) is 4.60. The lowest BCUT2D eigenvalue weighted by atomic mass is 10.2. The van der Waals surface area contributed by atoms with Crippen molar-refractivity contribution < 1.29 is 8.42 Å². The van der Waals surface area contributed by atoms with Crippen LogP contribution in [0.1, 0.15) is 19.3 Å². The Kier molecular flexibility index (Phi) is 4.19. The Bertz CT molecular complexity index is 974. The number of fused-ring (bicyclic) bond motifs is 1. The van der Waals surface area contributed by atoms with Gasteiger partial charge in [-0.25, -0.2) is 13.4 Å². The van der Waals surface area contributed by atoms with Crippen LogP contribution in [0.5, 0.6) is 0 Å². The molecule has 4 rings (SSSR count). The highest BCUT2D eigenvalue weighted by atomic mass is 32.2. The summed E-state index contributed by atoms with van der Waals surface area (Å²) in [6.45, 7) is 1.19. The molecule has 0 spiro atoms. The number of hydrogen-bond acceptors (Lipinski definition) is 4. The fraction of sp³-hybridized carbons (Fsp3) is 0.278. The van der Waals surface area contributed by atoms with E-state index in [1.165, 1.54) is 6.20 Å². The van der Waals surface area contributed by atoms with E-state index in [2.05, 4.69) is 15.3 Å². The van der Waals surface area contributed by atoms with Gasteiger partial charge in [-0.05, 0) is 49.2 Å². The summed E-state index contributed by atoms with van der Waals surface area (Å²) in [7, 11) is -3.43. The van der Waals surface area contributed by atoms with Crippen molar-refractivity contribution in [2.45, 2.75) is 24.2 Å². The molecule has 0 unspecified atom stereocenters. The molecule has 130 valence electrons. The molecule has 0 aliphatic carbocycles. The van der Waals surface area contributed by atoms with Gasteiger partial charge in [0.1, 0.15) is 10.7 Å². The maximum absolute atomic E-state index is 12.6. The molecule has 1 saturated heterocycles. The predicted octanol–water partition coefficient (Wildman–Crippen LogP) is 3.48. The first-order valence-electron chi connectivity index (χ1n) is 8.43. The summed E-state index contributed by atoms with van der Waals surface area (Å²) in [4.78, 5) is 7.68. The van der Waals surface area contributed by atoms with E-state index < -0.39 is 10.0 Å². The third-order valence-electron chi connectivity index (χ3n) is 4.51. The van der Waals surface area contributed by atoms with Crippen LogP contribution in [0.25, 0.3) is 10.9 Å². The van der Waals surface area contributed by atoms with E-state index >= 15 is 0 Å². The predicted molar refractivity (Wildman–Crippen MR) is 98.4 cm³/mol. The standard InChI is InChI=1S/C18H20N4O2S/c23-25(24,22-10-2-1-3-11-22)16-5-7-18(20-13-16)21-15-4-6-17-14(12-15)8-9-19-17/h4-9,12-13,19H,1-3,10-11H2,(H,20,21). The maximum atomic E-state index is 12.6. The van der Waals surface area contributed by atoms with Gasteiger partial charge in [0.2, 0.25) is 10.0 Å². The molecule has 1 aliphatic rings. The summed E-state index contributed by atoms with van der Waals surface area (Å²) >= 11 is 0. The molecule has 3 heterocycles. The quantitative estimate of drug-likeness (QED) is 0.750. The smallest absolute Gasteiger partial charge is 0.244 e. The van der Waals surface area contributed by atoms with Crippen molar-refractivity contribution in [3.8, 4) is 0 Å². The molecular weight excluding hydrogens is 336 g/mol. The second-order valence-corrected chi connectivity index (χ2v) is 8.19. The Morgan fingerprint density at radius 1 is 1.04 bits per heavy atom. The lowest BCUT2D eigenvalue weighted by Gasteiger charge is -2.25. The molecular formula is C18H20N4O2S. The molecule has 7 heteroatoms. The Balaban J connectivity index is 1.53. The SMILES string of the molecule is O=S(=O)(c1ccc(Nc2ccc3[nH]ccc3c2)nc1)N1CCCCC1. The lowest BCUT2D eigenvalue weighted by molar-refractivity contribution is 0.346. The van der Waals surface area contributed by atoms with Gasteiger partial charge < -0.3 is 10.3 Å². The average Bonchev–Trinajstić information content (AvgIpc) is 3.11. The fourth-order valence-electron chi connectivity index (χ4n) is 3.14. The molecule has 0 atom stereocenters. The largest absolute Gasteiger partial charge is 0.361 e. The molecule has 2 aromatic heterocycles. The highest BCUT2D eigenvalue weighted by Gasteiger charge is 2.26. The zero-order valence-corrected chi connectivity index (χ0v) is 14.6. The molecule has 25 heavy (non-hydrogen) atoms. The van der Waals surface area contributed by atoms with Gasteiger partial charge >= 0.3 is 0 Å².